The molecular formula is C17H28N4O2. The van der Waals surface area contributed by atoms with E-state index in [9.17, 15) is 9.59 Å². The zero-order valence-corrected chi connectivity index (χ0v) is 14.6. The normalized spacial score (nSPS) is 18.4. The summed E-state index contributed by atoms with van der Waals surface area (Å²) in [5.41, 5.74) is 1.45. The van der Waals surface area contributed by atoms with Gasteiger partial charge >= 0.3 is 0 Å². The van der Waals surface area contributed by atoms with Gasteiger partial charge in [0.2, 0.25) is 5.91 Å². The molecule has 1 aromatic heterocycles. The highest BCUT2D eigenvalue weighted by Crippen LogP contribution is 2.22. The molecule has 0 fully saturated rings. The van der Waals surface area contributed by atoms with Crippen LogP contribution < -0.4 is 10.6 Å². The van der Waals surface area contributed by atoms with E-state index in [1.165, 1.54) is 0 Å². The van der Waals surface area contributed by atoms with E-state index in [1.54, 1.807) is 6.33 Å². The Labute approximate surface area is 138 Å². The number of rotatable bonds is 6. The van der Waals surface area contributed by atoms with E-state index in [0.29, 0.717) is 31.1 Å². The minimum absolute atomic E-state index is 0.0462. The van der Waals surface area contributed by atoms with Gasteiger partial charge in [0.1, 0.15) is 5.69 Å². The predicted molar refractivity (Wildman–Crippen MR) is 89.1 cm³/mol. The van der Waals surface area contributed by atoms with Crippen LogP contribution in [0.25, 0.3) is 0 Å². The van der Waals surface area contributed by atoms with Gasteiger partial charge in [0.25, 0.3) is 5.91 Å². The summed E-state index contributed by atoms with van der Waals surface area (Å²) in [6, 6.07) is 0.147. The molecule has 2 N–H and O–H groups in total. The lowest BCUT2D eigenvalue weighted by Crippen LogP contribution is -2.39. The summed E-state index contributed by atoms with van der Waals surface area (Å²) < 4.78 is 1.95. The molecule has 0 aromatic carbocycles. The lowest BCUT2D eigenvalue weighted by Gasteiger charge is -2.24. The van der Waals surface area contributed by atoms with Crippen LogP contribution in [0.15, 0.2) is 6.33 Å². The lowest BCUT2D eigenvalue weighted by atomic mass is 9.96. The second kappa shape index (κ2) is 7.62. The minimum Gasteiger partial charge on any atom is -0.354 e. The van der Waals surface area contributed by atoms with Gasteiger partial charge in [-0.3, -0.25) is 9.59 Å². The third kappa shape index (κ3) is 4.33. The maximum atomic E-state index is 12.3. The smallest absolute Gasteiger partial charge is 0.271 e. The van der Waals surface area contributed by atoms with E-state index in [-0.39, 0.29) is 23.8 Å². The number of carbonyl (C=O) groups excluding carboxylic acids is 2. The van der Waals surface area contributed by atoms with E-state index in [0.717, 1.165) is 18.5 Å². The molecule has 128 valence electrons. The van der Waals surface area contributed by atoms with E-state index >= 15 is 0 Å². The maximum Gasteiger partial charge on any atom is 0.271 e. The number of imidazole rings is 1. The molecule has 0 bridgehead atoms. The van der Waals surface area contributed by atoms with Crippen LogP contribution in [0.4, 0.5) is 0 Å². The van der Waals surface area contributed by atoms with Gasteiger partial charge in [-0.2, -0.15) is 0 Å². The highest BCUT2D eigenvalue weighted by atomic mass is 16.2. The third-order valence-electron chi connectivity index (χ3n) is 4.42. The fourth-order valence-electron chi connectivity index (χ4n) is 2.77. The maximum absolute atomic E-state index is 12.3. The highest BCUT2D eigenvalue weighted by molar-refractivity contribution is 5.93. The van der Waals surface area contributed by atoms with Crippen LogP contribution in [0, 0.1) is 11.8 Å². The van der Waals surface area contributed by atoms with E-state index in [2.05, 4.69) is 29.5 Å². The van der Waals surface area contributed by atoms with Crippen molar-refractivity contribution in [3.63, 3.8) is 0 Å². The third-order valence-corrected chi connectivity index (χ3v) is 4.42. The lowest BCUT2D eigenvalue weighted by molar-refractivity contribution is -0.126. The van der Waals surface area contributed by atoms with Crippen molar-refractivity contribution in [3.05, 3.63) is 17.7 Å². The summed E-state index contributed by atoms with van der Waals surface area (Å²) in [6.07, 6.45) is 4.19. The average molecular weight is 320 g/mol. The number of nitrogens with one attached hydrogen (secondary N) is 2. The van der Waals surface area contributed by atoms with Gasteiger partial charge in [-0.15, -0.1) is 0 Å². The monoisotopic (exact) mass is 320 g/mol. The number of hydrogen-bond donors (Lipinski definition) is 2. The van der Waals surface area contributed by atoms with Crippen LogP contribution >= 0.6 is 0 Å². The molecule has 2 atom stereocenters. The van der Waals surface area contributed by atoms with Crippen molar-refractivity contribution in [2.75, 3.05) is 6.54 Å². The van der Waals surface area contributed by atoms with Gasteiger partial charge in [-0.25, -0.2) is 4.98 Å². The Bertz CT molecular complexity index is 565. The molecule has 6 nitrogen and oxygen atoms in total. The molecule has 0 radical (unpaired) electrons. The Morgan fingerprint density at radius 2 is 2.13 bits per heavy atom. The first-order valence-electron chi connectivity index (χ1n) is 8.54. The van der Waals surface area contributed by atoms with Gasteiger partial charge < -0.3 is 15.2 Å². The van der Waals surface area contributed by atoms with Crippen LogP contribution in [0.1, 0.15) is 56.7 Å². The SMILES string of the molecule is CCC(C)CNC(=O)c1ncn2c1CCC(C(=O)NC(C)C)C2. The molecule has 0 spiro atoms. The molecule has 1 aliphatic heterocycles. The molecule has 6 heteroatoms. The Kier molecular flexibility index (Phi) is 5.80. The fourth-order valence-corrected chi connectivity index (χ4v) is 2.77. The minimum atomic E-state index is -0.107. The molecule has 2 unspecified atom stereocenters. The standard InChI is InChI=1S/C17H28N4O2/c1-5-12(4)8-18-17(23)15-14-7-6-13(9-21(14)10-19-15)16(22)20-11(2)3/h10-13H,5-9H2,1-4H3,(H,18,23)(H,20,22). The first-order valence-corrected chi connectivity index (χ1v) is 8.54. The predicted octanol–water partition coefficient (Wildman–Crippen LogP) is 1.75. The largest absolute Gasteiger partial charge is 0.354 e. The molecule has 1 aliphatic rings. The summed E-state index contributed by atoms with van der Waals surface area (Å²) in [6.45, 7) is 9.41. The molecule has 2 rings (SSSR count). The number of aromatic nitrogens is 2. The van der Waals surface area contributed by atoms with Crippen molar-refractivity contribution < 1.29 is 9.59 Å². The molecule has 23 heavy (non-hydrogen) atoms. The van der Waals surface area contributed by atoms with Crippen molar-refractivity contribution >= 4 is 11.8 Å². The van der Waals surface area contributed by atoms with Crippen LogP contribution in [0.2, 0.25) is 0 Å². The highest BCUT2D eigenvalue weighted by Gasteiger charge is 2.28. The fraction of sp³-hybridized carbons (Fsp3) is 0.706. The summed E-state index contributed by atoms with van der Waals surface area (Å²) >= 11 is 0. The van der Waals surface area contributed by atoms with Crippen LogP contribution in [-0.2, 0) is 17.8 Å². The molecule has 0 saturated heterocycles. The van der Waals surface area contributed by atoms with Crippen molar-refractivity contribution in [1.29, 1.82) is 0 Å². The molecule has 2 amide bonds. The number of nitrogens with zero attached hydrogens (tertiary/aromatic N) is 2. The average Bonchev–Trinajstić information content (AvgIpc) is 2.94. The van der Waals surface area contributed by atoms with Crippen molar-refractivity contribution in [2.45, 2.75) is 59.5 Å². The first kappa shape index (κ1) is 17.5. The second-order valence-corrected chi connectivity index (χ2v) is 6.81. The topological polar surface area (TPSA) is 76.0 Å². The molecule has 1 aromatic rings. The zero-order chi connectivity index (χ0) is 17.0. The van der Waals surface area contributed by atoms with Gasteiger partial charge in [0.15, 0.2) is 0 Å². The summed E-state index contributed by atoms with van der Waals surface area (Å²) in [5, 5.41) is 5.91. The van der Waals surface area contributed by atoms with Crippen LogP contribution in [-0.4, -0.2) is 34.0 Å². The number of carbonyl (C=O) groups is 2. The number of hydrogen-bond acceptors (Lipinski definition) is 3. The second-order valence-electron chi connectivity index (χ2n) is 6.81. The van der Waals surface area contributed by atoms with Crippen LogP contribution in [0.3, 0.4) is 0 Å². The summed E-state index contributed by atoms with van der Waals surface area (Å²) in [5.74, 6) is 0.392. The van der Waals surface area contributed by atoms with Gasteiger partial charge in [-0.1, -0.05) is 20.3 Å². The molecule has 0 aliphatic carbocycles. The molecule has 0 saturated carbocycles. The number of fused-ring (bicyclic) bond motifs is 1. The Balaban J connectivity index is 2.00. The van der Waals surface area contributed by atoms with Gasteiger partial charge in [-0.05, 0) is 32.6 Å². The zero-order valence-electron chi connectivity index (χ0n) is 14.6. The molecule has 2 heterocycles. The van der Waals surface area contributed by atoms with Crippen molar-refractivity contribution in [3.8, 4) is 0 Å². The quantitative estimate of drug-likeness (QED) is 0.838. The van der Waals surface area contributed by atoms with Crippen molar-refractivity contribution in [1.82, 2.24) is 20.2 Å². The van der Waals surface area contributed by atoms with Gasteiger partial charge in [0, 0.05) is 19.1 Å². The van der Waals surface area contributed by atoms with E-state index in [4.69, 9.17) is 0 Å². The number of amides is 2. The van der Waals surface area contributed by atoms with E-state index in [1.807, 2.05) is 18.4 Å². The summed E-state index contributed by atoms with van der Waals surface area (Å²) in [4.78, 5) is 28.7. The Hall–Kier alpha value is -1.85. The van der Waals surface area contributed by atoms with Crippen LogP contribution in [0.5, 0.6) is 0 Å². The van der Waals surface area contributed by atoms with E-state index < -0.39 is 0 Å². The van der Waals surface area contributed by atoms with Crippen molar-refractivity contribution in [2.24, 2.45) is 11.8 Å². The Morgan fingerprint density at radius 1 is 1.39 bits per heavy atom. The summed E-state index contributed by atoms with van der Waals surface area (Å²) in [7, 11) is 0. The van der Waals surface area contributed by atoms with Gasteiger partial charge in [0.05, 0.1) is 17.9 Å². The molecular weight excluding hydrogens is 292 g/mol. The Morgan fingerprint density at radius 3 is 2.78 bits per heavy atom. The first-order chi connectivity index (χ1) is 10.9.